The van der Waals surface area contributed by atoms with Gasteiger partial charge in [0.25, 0.3) is 0 Å². The lowest BCUT2D eigenvalue weighted by Gasteiger charge is -2.21. The normalized spacial score (nSPS) is 11.8. The zero-order valence-corrected chi connectivity index (χ0v) is 12.0. The first-order valence-corrected chi connectivity index (χ1v) is 6.19. The highest BCUT2D eigenvalue weighted by molar-refractivity contribution is 6.11. The van der Waals surface area contributed by atoms with Crippen LogP contribution in [0.4, 0.5) is 0 Å². The average molecular weight is 282 g/mol. The fraction of sp³-hybridized carbons (Fsp3) is 0.462. The van der Waals surface area contributed by atoms with Crippen LogP contribution in [-0.4, -0.2) is 42.7 Å². The van der Waals surface area contributed by atoms with Crippen molar-refractivity contribution in [1.82, 2.24) is 10.2 Å². The fourth-order valence-corrected chi connectivity index (χ4v) is 1.65. The Bertz CT molecular complexity index is 493. The summed E-state index contributed by atoms with van der Waals surface area (Å²) < 4.78 is 9.61. The van der Waals surface area contributed by atoms with Gasteiger partial charge in [-0.05, 0) is 13.3 Å². The van der Waals surface area contributed by atoms with Crippen LogP contribution in [0.25, 0.3) is 0 Å². The molecule has 110 valence electrons. The molecule has 20 heavy (non-hydrogen) atoms. The number of hydroxylamine groups is 2. The predicted octanol–water partition coefficient (Wildman–Crippen LogP) is 1.58. The Morgan fingerprint density at radius 2 is 2.10 bits per heavy atom. The van der Waals surface area contributed by atoms with Gasteiger partial charge in [-0.2, -0.15) is 0 Å². The molecule has 0 saturated heterocycles. The quantitative estimate of drug-likeness (QED) is 0.325. The summed E-state index contributed by atoms with van der Waals surface area (Å²) in [6.45, 7) is 3.65. The molecule has 1 heterocycles. The monoisotopic (exact) mass is 282 g/mol. The first-order valence-electron chi connectivity index (χ1n) is 6.19. The second kappa shape index (κ2) is 7.44. The van der Waals surface area contributed by atoms with Crippen molar-refractivity contribution in [3.8, 4) is 0 Å². The van der Waals surface area contributed by atoms with E-state index in [1.54, 1.807) is 13.8 Å². The number of ketones is 1. The highest BCUT2D eigenvalue weighted by Crippen LogP contribution is 2.19. The Balaban J connectivity index is 3.27. The Morgan fingerprint density at radius 1 is 1.40 bits per heavy atom. The van der Waals surface area contributed by atoms with E-state index in [-0.39, 0.29) is 23.6 Å². The third-order valence-electron chi connectivity index (χ3n) is 2.64. The molecule has 0 aliphatic carbocycles. The van der Waals surface area contributed by atoms with Gasteiger partial charge in [-0.15, -0.1) is 0 Å². The maximum absolute atomic E-state index is 12.3. The summed E-state index contributed by atoms with van der Waals surface area (Å²) in [6, 6.07) is 1.44. The van der Waals surface area contributed by atoms with Crippen molar-refractivity contribution in [3.05, 3.63) is 29.3 Å². The molecule has 7 heteroatoms. The van der Waals surface area contributed by atoms with Crippen LogP contribution in [0.1, 0.15) is 30.8 Å². The van der Waals surface area contributed by atoms with Gasteiger partial charge in [0.2, 0.25) is 5.78 Å². The number of Topliss-reactive ketones (excluding diaryl/α,β-unsaturated/α-hetero) is 1. The zero-order chi connectivity index (χ0) is 15.1. The van der Waals surface area contributed by atoms with Gasteiger partial charge in [0, 0.05) is 18.7 Å². The molecule has 1 aromatic heterocycles. The molecular formula is C13H18N2O5. The molecule has 0 radical (unpaired) electrons. The van der Waals surface area contributed by atoms with Crippen LogP contribution < -0.4 is 0 Å². The fourth-order valence-electron chi connectivity index (χ4n) is 1.65. The highest BCUT2D eigenvalue weighted by atomic mass is 16.7. The number of likely N-dealkylation sites (N-methyl/N-ethyl adjacent to an activating group) is 1. The van der Waals surface area contributed by atoms with Crippen molar-refractivity contribution in [3.63, 3.8) is 0 Å². The minimum absolute atomic E-state index is 0.0600. The Kier molecular flexibility index (Phi) is 5.92. The van der Waals surface area contributed by atoms with Crippen LogP contribution in [0, 0.1) is 0 Å². The second-order valence-corrected chi connectivity index (χ2v) is 3.80. The van der Waals surface area contributed by atoms with Gasteiger partial charge in [-0.25, -0.2) is 9.86 Å². The maximum atomic E-state index is 12.3. The molecule has 0 bridgehead atoms. The molecule has 0 N–H and O–H groups in total. The Morgan fingerprint density at radius 3 is 2.55 bits per heavy atom. The highest BCUT2D eigenvalue weighted by Gasteiger charge is 2.26. The summed E-state index contributed by atoms with van der Waals surface area (Å²) in [5, 5.41) is 4.79. The molecular weight excluding hydrogens is 264 g/mol. The minimum Gasteiger partial charge on any atom is -0.461 e. The van der Waals surface area contributed by atoms with Crippen LogP contribution in [0.5, 0.6) is 0 Å². The first-order chi connectivity index (χ1) is 9.56. The van der Waals surface area contributed by atoms with E-state index in [4.69, 9.17) is 9.57 Å². The molecule has 1 rings (SSSR count). The molecule has 0 spiro atoms. The lowest BCUT2D eigenvalue weighted by molar-refractivity contribution is -0.149. The van der Waals surface area contributed by atoms with E-state index in [9.17, 15) is 9.59 Å². The topological polar surface area (TPSA) is 81.9 Å². The smallest absolute Gasteiger partial charge is 0.357 e. The molecule has 0 unspecified atom stereocenters. The number of allylic oxidation sites excluding steroid dienone is 1. The molecule has 0 amide bonds. The lowest BCUT2D eigenvalue weighted by atomic mass is 10.0. The standard InChI is InChI=1S/C13H18N2O5/c1-5-9(12(16)10-7-8-20-14-10)11(15(3)18-4)13(17)19-6-2/h7-8H,5-6H2,1-4H3/b11-9+. The third-order valence-corrected chi connectivity index (χ3v) is 2.64. The first kappa shape index (κ1) is 15.9. The number of aromatic nitrogens is 1. The van der Waals surface area contributed by atoms with Gasteiger partial charge < -0.3 is 9.26 Å². The van der Waals surface area contributed by atoms with Crippen molar-refractivity contribution in [2.45, 2.75) is 20.3 Å². The second-order valence-electron chi connectivity index (χ2n) is 3.80. The predicted molar refractivity (Wildman–Crippen MR) is 69.6 cm³/mol. The average Bonchev–Trinajstić information content (AvgIpc) is 2.97. The molecule has 0 aromatic carbocycles. The Hall–Kier alpha value is -2.15. The van der Waals surface area contributed by atoms with Gasteiger partial charge in [0.1, 0.15) is 6.26 Å². The number of carbonyl (C=O) groups excluding carboxylic acids is 2. The zero-order valence-electron chi connectivity index (χ0n) is 12.0. The SMILES string of the molecule is CCOC(=O)/C(=C(/CC)C(=O)c1ccon1)N(C)OC. The Labute approximate surface area is 117 Å². The number of ether oxygens (including phenoxy) is 1. The molecule has 0 aliphatic heterocycles. The van der Waals surface area contributed by atoms with E-state index >= 15 is 0 Å². The van der Waals surface area contributed by atoms with E-state index in [1.165, 1.54) is 31.6 Å². The maximum Gasteiger partial charge on any atom is 0.357 e. The van der Waals surface area contributed by atoms with Crippen LogP contribution in [-0.2, 0) is 14.4 Å². The number of nitrogens with zero attached hydrogens (tertiary/aromatic N) is 2. The summed E-state index contributed by atoms with van der Waals surface area (Å²) in [5.74, 6) is -1.02. The minimum atomic E-state index is -0.620. The van der Waals surface area contributed by atoms with Gasteiger partial charge in [-0.3, -0.25) is 9.63 Å². The number of esters is 1. The van der Waals surface area contributed by atoms with Gasteiger partial charge in [-0.1, -0.05) is 12.1 Å². The van der Waals surface area contributed by atoms with Crippen molar-refractivity contribution in [1.29, 1.82) is 0 Å². The molecule has 7 nitrogen and oxygen atoms in total. The largest absolute Gasteiger partial charge is 0.461 e. The van der Waals surface area contributed by atoms with Crippen LogP contribution in [0.2, 0.25) is 0 Å². The molecule has 1 aromatic rings. The summed E-state index contributed by atoms with van der Waals surface area (Å²) in [4.78, 5) is 29.4. The molecule has 0 atom stereocenters. The molecule has 0 saturated carbocycles. The van der Waals surface area contributed by atoms with Gasteiger partial charge in [0.15, 0.2) is 11.4 Å². The summed E-state index contributed by atoms with van der Waals surface area (Å²) in [5.41, 5.74) is 0.444. The number of hydrogen-bond donors (Lipinski definition) is 0. The van der Waals surface area contributed by atoms with Crippen LogP contribution in [0.3, 0.4) is 0 Å². The summed E-state index contributed by atoms with van der Waals surface area (Å²) in [6.07, 6.45) is 1.62. The van der Waals surface area contributed by atoms with Gasteiger partial charge >= 0.3 is 5.97 Å². The van der Waals surface area contributed by atoms with E-state index in [0.717, 1.165) is 0 Å². The van der Waals surface area contributed by atoms with Crippen LogP contribution >= 0.6 is 0 Å². The van der Waals surface area contributed by atoms with E-state index < -0.39 is 11.8 Å². The lowest BCUT2D eigenvalue weighted by Crippen LogP contribution is -2.28. The summed E-state index contributed by atoms with van der Waals surface area (Å²) in [7, 11) is 2.92. The van der Waals surface area contributed by atoms with E-state index in [2.05, 4.69) is 9.68 Å². The number of rotatable bonds is 7. The molecule has 0 fully saturated rings. The van der Waals surface area contributed by atoms with E-state index in [1.807, 2.05) is 0 Å². The summed E-state index contributed by atoms with van der Waals surface area (Å²) >= 11 is 0. The third kappa shape index (κ3) is 3.45. The van der Waals surface area contributed by atoms with Crippen LogP contribution in [0.15, 0.2) is 28.1 Å². The van der Waals surface area contributed by atoms with Crippen molar-refractivity contribution >= 4 is 11.8 Å². The number of carbonyl (C=O) groups is 2. The van der Waals surface area contributed by atoms with Crippen molar-refractivity contribution < 1.29 is 23.7 Å². The van der Waals surface area contributed by atoms with E-state index in [0.29, 0.717) is 6.42 Å². The van der Waals surface area contributed by atoms with Gasteiger partial charge in [0.05, 0.1) is 13.7 Å². The molecule has 0 aliphatic rings. The number of hydrogen-bond acceptors (Lipinski definition) is 7. The van der Waals surface area contributed by atoms with Crippen molar-refractivity contribution in [2.24, 2.45) is 0 Å². The van der Waals surface area contributed by atoms with Crippen molar-refractivity contribution in [2.75, 3.05) is 20.8 Å².